The smallest absolute Gasteiger partial charge is 0.0512 e. The predicted molar refractivity (Wildman–Crippen MR) is 64.1 cm³/mol. The van der Waals surface area contributed by atoms with Gasteiger partial charge in [-0.05, 0) is 30.2 Å². The number of aryl methyl sites for hydroxylation is 1. The van der Waals surface area contributed by atoms with E-state index >= 15 is 0 Å². The molecule has 0 aromatic carbocycles. The predicted octanol–water partition coefficient (Wildman–Crippen LogP) is 2.31. The Morgan fingerprint density at radius 2 is 2.00 bits per heavy atom. The highest BCUT2D eigenvalue weighted by Crippen LogP contribution is 2.32. The summed E-state index contributed by atoms with van der Waals surface area (Å²) in [4.78, 5) is 1.32. The van der Waals surface area contributed by atoms with Crippen LogP contribution >= 0.6 is 11.3 Å². The third kappa shape index (κ3) is 3.03. The lowest BCUT2D eigenvalue weighted by Gasteiger charge is -2.33. The van der Waals surface area contributed by atoms with Gasteiger partial charge in [0.2, 0.25) is 0 Å². The molecule has 0 bridgehead atoms. The van der Waals surface area contributed by atoms with Gasteiger partial charge in [0.25, 0.3) is 0 Å². The van der Waals surface area contributed by atoms with E-state index in [0.717, 1.165) is 12.8 Å². The number of hydrogen-bond acceptors (Lipinski definition) is 3. The van der Waals surface area contributed by atoms with Gasteiger partial charge in [0.15, 0.2) is 0 Å². The second-order valence-electron chi connectivity index (χ2n) is 4.41. The van der Waals surface area contributed by atoms with Crippen LogP contribution in [0, 0.1) is 11.3 Å². The van der Waals surface area contributed by atoms with E-state index in [4.69, 9.17) is 0 Å². The fourth-order valence-corrected chi connectivity index (χ4v) is 2.40. The second-order valence-corrected chi connectivity index (χ2v) is 5.44. The fraction of sp³-hybridized carbons (Fsp3) is 0.667. The van der Waals surface area contributed by atoms with Gasteiger partial charge in [-0.3, -0.25) is 0 Å². The highest BCUT2D eigenvalue weighted by Gasteiger charge is 2.32. The van der Waals surface area contributed by atoms with Crippen LogP contribution in [0.5, 0.6) is 0 Å². The molecule has 0 saturated carbocycles. The molecule has 0 aliphatic heterocycles. The summed E-state index contributed by atoms with van der Waals surface area (Å²) < 4.78 is 0. The Kier molecular flexibility index (Phi) is 4.77. The lowest BCUT2D eigenvalue weighted by atomic mass is 9.75. The highest BCUT2D eigenvalue weighted by atomic mass is 32.1. The van der Waals surface area contributed by atoms with Crippen LogP contribution in [0.2, 0.25) is 0 Å². The zero-order valence-electron chi connectivity index (χ0n) is 9.44. The van der Waals surface area contributed by atoms with Crippen LogP contribution in [0.1, 0.15) is 25.1 Å². The molecule has 1 aromatic heterocycles. The summed E-state index contributed by atoms with van der Waals surface area (Å²) in [5, 5.41) is 20.9. The average molecular weight is 228 g/mol. The second kappa shape index (κ2) is 5.64. The summed E-state index contributed by atoms with van der Waals surface area (Å²) in [5.74, 6) is 0.299. The zero-order chi connectivity index (χ0) is 11.3. The number of aliphatic hydroxyl groups is 2. The molecule has 0 unspecified atom stereocenters. The Labute approximate surface area is 95.6 Å². The number of aliphatic hydroxyl groups excluding tert-OH is 2. The molecule has 1 heterocycles. The van der Waals surface area contributed by atoms with Crippen molar-refractivity contribution in [3.8, 4) is 0 Å². The molecular formula is C12H20O2S. The molecule has 0 aliphatic rings. The van der Waals surface area contributed by atoms with Gasteiger partial charge in [-0.25, -0.2) is 0 Å². The number of rotatable bonds is 6. The number of thiophene rings is 1. The van der Waals surface area contributed by atoms with E-state index in [9.17, 15) is 10.2 Å². The summed E-state index contributed by atoms with van der Waals surface area (Å²) in [7, 11) is 0. The Bertz CT molecular complexity index is 263. The maximum Gasteiger partial charge on any atom is 0.0512 e. The van der Waals surface area contributed by atoms with Crippen molar-refractivity contribution < 1.29 is 10.2 Å². The highest BCUT2D eigenvalue weighted by molar-refractivity contribution is 7.09. The quantitative estimate of drug-likeness (QED) is 0.784. The SMILES string of the molecule is CC(C)C(CO)(CO)CCc1cccs1. The molecule has 0 aliphatic carbocycles. The normalized spacial score (nSPS) is 12.3. The molecule has 0 spiro atoms. The van der Waals surface area contributed by atoms with Crippen molar-refractivity contribution >= 4 is 11.3 Å². The molecule has 3 heteroatoms. The van der Waals surface area contributed by atoms with Crippen molar-refractivity contribution in [1.82, 2.24) is 0 Å². The Morgan fingerprint density at radius 3 is 2.40 bits per heavy atom. The third-order valence-corrected chi connectivity index (χ3v) is 4.24. The molecule has 0 saturated heterocycles. The van der Waals surface area contributed by atoms with E-state index in [1.807, 2.05) is 6.07 Å². The van der Waals surface area contributed by atoms with Crippen LogP contribution < -0.4 is 0 Å². The van der Waals surface area contributed by atoms with Crippen LogP contribution in [0.25, 0.3) is 0 Å². The van der Waals surface area contributed by atoms with Crippen LogP contribution in [-0.4, -0.2) is 23.4 Å². The molecule has 1 aromatic rings. The van der Waals surface area contributed by atoms with Gasteiger partial charge in [-0.2, -0.15) is 0 Å². The van der Waals surface area contributed by atoms with Crippen LogP contribution in [-0.2, 0) is 6.42 Å². The largest absolute Gasteiger partial charge is 0.396 e. The molecule has 1 rings (SSSR count). The van der Waals surface area contributed by atoms with Crippen LogP contribution in [0.3, 0.4) is 0 Å². The molecule has 86 valence electrons. The minimum Gasteiger partial charge on any atom is -0.396 e. The van der Waals surface area contributed by atoms with Gasteiger partial charge in [0.1, 0.15) is 0 Å². The van der Waals surface area contributed by atoms with Crippen molar-refractivity contribution in [2.75, 3.05) is 13.2 Å². The average Bonchev–Trinajstić information content (AvgIpc) is 2.72. The fourth-order valence-electron chi connectivity index (χ4n) is 1.69. The summed E-state index contributed by atoms with van der Waals surface area (Å²) >= 11 is 1.73. The Hall–Kier alpha value is -0.380. The molecule has 0 radical (unpaired) electrons. The zero-order valence-corrected chi connectivity index (χ0v) is 10.3. The summed E-state index contributed by atoms with van der Waals surface area (Å²) in [5.41, 5.74) is -0.329. The van der Waals surface area contributed by atoms with E-state index in [-0.39, 0.29) is 18.6 Å². The first kappa shape index (κ1) is 12.7. The van der Waals surface area contributed by atoms with Crippen LogP contribution in [0.4, 0.5) is 0 Å². The lowest BCUT2D eigenvalue weighted by Crippen LogP contribution is -2.35. The lowest BCUT2D eigenvalue weighted by molar-refractivity contribution is 0.00935. The Balaban J connectivity index is 2.59. The first-order valence-corrected chi connectivity index (χ1v) is 6.26. The van der Waals surface area contributed by atoms with Gasteiger partial charge < -0.3 is 10.2 Å². The molecule has 2 N–H and O–H groups in total. The topological polar surface area (TPSA) is 40.5 Å². The minimum atomic E-state index is -0.329. The van der Waals surface area contributed by atoms with E-state index in [1.54, 1.807) is 11.3 Å². The molecule has 0 fully saturated rings. The van der Waals surface area contributed by atoms with Gasteiger partial charge in [-0.15, -0.1) is 11.3 Å². The Morgan fingerprint density at radius 1 is 1.33 bits per heavy atom. The summed E-state index contributed by atoms with van der Waals surface area (Å²) in [6.07, 6.45) is 1.79. The minimum absolute atomic E-state index is 0.0620. The summed E-state index contributed by atoms with van der Waals surface area (Å²) in [6.45, 7) is 4.24. The number of hydrogen-bond donors (Lipinski definition) is 2. The summed E-state index contributed by atoms with van der Waals surface area (Å²) in [6, 6.07) is 4.14. The standard InChI is InChI=1S/C12H20O2S/c1-10(2)12(8-13,9-14)6-5-11-4-3-7-15-11/h3-4,7,10,13-14H,5-6,8-9H2,1-2H3. The van der Waals surface area contributed by atoms with E-state index < -0.39 is 0 Å². The van der Waals surface area contributed by atoms with Crippen molar-refractivity contribution in [2.24, 2.45) is 11.3 Å². The van der Waals surface area contributed by atoms with Crippen LogP contribution in [0.15, 0.2) is 17.5 Å². The van der Waals surface area contributed by atoms with Gasteiger partial charge in [0, 0.05) is 10.3 Å². The molecule has 2 nitrogen and oxygen atoms in total. The van der Waals surface area contributed by atoms with E-state index in [0.29, 0.717) is 5.92 Å². The van der Waals surface area contributed by atoms with E-state index in [2.05, 4.69) is 25.3 Å². The van der Waals surface area contributed by atoms with Crippen molar-refractivity contribution in [2.45, 2.75) is 26.7 Å². The molecular weight excluding hydrogens is 208 g/mol. The first-order chi connectivity index (χ1) is 7.14. The molecule has 15 heavy (non-hydrogen) atoms. The van der Waals surface area contributed by atoms with Gasteiger partial charge in [-0.1, -0.05) is 19.9 Å². The monoisotopic (exact) mass is 228 g/mol. The van der Waals surface area contributed by atoms with Gasteiger partial charge >= 0.3 is 0 Å². The maximum atomic E-state index is 9.42. The molecule has 0 amide bonds. The van der Waals surface area contributed by atoms with Crippen molar-refractivity contribution in [1.29, 1.82) is 0 Å². The van der Waals surface area contributed by atoms with Gasteiger partial charge in [0.05, 0.1) is 13.2 Å². The van der Waals surface area contributed by atoms with Crippen molar-refractivity contribution in [3.63, 3.8) is 0 Å². The van der Waals surface area contributed by atoms with E-state index in [1.165, 1.54) is 4.88 Å². The third-order valence-electron chi connectivity index (χ3n) is 3.30. The molecule has 0 atom stereocenters. The first-order valence-electron chi connectivity index (χ1n) is 5.39. The van der Waals surface area contributed by atoms with Crippen molar-refractivity contribution in [3.05, 3.63) is 22.4 Å². The maximum absolute atomic E-state index is 9.42.